The number of benzene rings is 1. The van der Waals surface area contributed by atoms with E-state index < -0.39 is 0 Å². The molecule has 0 aliphatic heterocycles. The molecule has 0 spiro atoms. The van der Waals surface area contributed by atoms with Gasteiger partial charge in [0, 0.05) is 9.37 Å². The fraction of sp³-hybridized carbons (Fsp3) is 0.562. The van der Waals surface area contributed by atoms with Gasteiger partial charge in [-0.15, -0.1) is 11.8 Å². The lowest BCUT2D eigenvalue weighted by atomic mass is 9.93. The standard InChI is InChI=1S/C16H22BrNO2S/c1-10-8-15(11(2)7-12(10)17)21-9-16(20)18-13-5-3-4-6-14(13)19/h7-8,13-14,19H,3-6,9H2,1-2H3,(H,18,20)/t13-,14-/m1/s1. The Hall–Kier alpha value is -0.520. The smallest absolute Gasteiger partial charge is 0.230 e. The number of nitrogens with one attached hydrogen (secondary N) is 1. The van der Waals surface area contributed by atoms with Crippen molar-refractivity contribution in [2.75, 3.05) is 5.75 Å². The fourth-order valence-electron chi connectivity index (χ4n) is 2.58. The molecule has 116 valence electrons. The van der Waals surface area contributed by atoms with E-state index in [9.17, 15) is 9.90 Å². The normalized spacial score (nSPS) is 22.1. The number of hydrogen-bond acceptors (Lipinski definition) is 3. The zero-order chi connectivity index (χ0) is 15.4. The maximum absolute atomic E-state index is 12.0. The van der Waals surface area contributed by atoms with Gasteiger partial charge < -0.3 is 10.4 Å². The van der Waals surface area contributed by atoms with Crippen LogP contribution in [0.25, 0.3) is 0 Å². The SMILES string of the molecule is Cc1cc(SCC(=O)N[C@@H]2CCCC[C@H]2O)c(C)cc1Br. The van der Waals surface area contributed by atoms with E-state index in [0.717, 1.165) is 35.1 Å². The summed E-state index contributed by atoms with van der Waals surface area (Å²) in [5, 5.41) is 12.9. The minimum absolute atomic E-state index is 0.00548. The van der Waals surface area contributed by atoms with Gasteiger partial charge in [0.25, 0.3) is 0 Å². The van der Waals surface area contributed by atoms with Crippen molar-refractivity contribution in [3.63, 3.8) is 0 Å². The van der Waals surface area contributed by atoms with Crippen LogP contribution in [-0.4, -0.2) is 28.9 Å². The molecule has 3 nitrogen and oxygen atoms in total. The first-order valence-corrected chi connectivity index (χ1v) is 9.12. The summed E-state index contributed by atoms with van der Waals surface area (Å²) >= 11 is 5.07. The summed E-state index contributed by atoms with van der Waals surface area (Å²) in [6.45, 7) is 4.10. The average Bonchev–Trinajstić information content (AvgIpc) is 2.44. The summed E-state index contributed by atoms with van der Waals surface area (Å²) in [5.41, 5.74) is 2.34. The molecule has 1 aliphatic rings. The van der Waals surface area contributed by atoms with Crippen molar-refractivity contribution in [1.29, 1.82) is 0 Å². The molecule has 1 fully saturated rings. The molecule has 0 radical (unpaired) electrons. The van der Waals surface area contributed by atoms with E-state index in [1.165, 1.54) is 11.1 Å². The molecule has 1 amide bonds. The molecule has 0 saturated heterocycles. The Kier molecular flexibility index (Phi) is 6.14. The third-order valence-corrected chi connectivity index (χ3v) is 5.90. The Morgan fingerprint density at radius 2 is 2.05 bits per heavy atom. The number of halogens is 1. The van der Waals surface area contributed by atoms with Gasteiger partial charge in [0.15, 0.2) is 0 Å². The van der Waals surface area contributed by atoms with Gasteiger partial charge in [-0.3, -0.25) is 4.79 Å². The Labute approximate surface area is 139 Å². The second kappa shape index (κ2) is 7.65. The average molecular weight is 372 g/mol. The molecule has 5 heteroatoms. The molecule has 2 atom stereocenters. The molecular weight excluding hydrogens is 350 g/mol. The van der Waals surface area contributed by atoms with Crippen molar-refractivity contribution in [2.24, 2.45) is 0 Å². The van der Waals surface area contributed by atoms with Crippen LogP contribution in [0.5, 0.6) is 0 Å². The van der Waals surface area contributed by atoms with Gasteiger partial charge in [-0.05, 0) is 49.9 Å². The maximum Gasteiger partial charge on any atom is 0.230 e. The molecule has 2 N–H and O–H groups in total. The second-order valence-electron chi connectivity index (χ2n) is 5.68. The number of thioether (sulfide) groups is 1. The van der Waals surface area contributed by atoms with Gasteiger partial charge in [-0.1, -0.05) is 28.8 Å². The predicted octanol–water partition coefficient (Wildman–Crippen LogP) is 3.58. The van der Waals surface area contributed by atoms with Gasteiger partial charge in [0.2, 0.25) is 5.91 Å². The van der Waals surface area contributed by atoms with Crippen LogP contribution in [-0.2, 0) is 4.79 Å². The van der Waals surface area contributed by atoms with E-state index in [4.69, 9.17) is 0 Å². The first-order valence-electron chi connectivity index (χ1n) is 7.34. The first-order chi connectivity index (χ1) is 9.97. The molecule has 1 saturated carbocycles. The lowest BCUT2D eigenvalue weighted by Gasteiger charge is -2.28. The molecule has 1 aliphatic carbocycles. The van der Waals surface area contributed by atoms with Gasteiger partial charge in [0.05, 0.1) is 17.9 Å². The largest absolute Gasteiger partial charge is 0.391 e. The second-order valence-corrected chi connectivity index (χ2v) is 7.55. The third kappa shape index (κ3) is 4.73. The van der Waals surface area contributed by atoms with Crippen LogP contribution in [0.4, 0.5) is 0 Å². The number of carbonyl (C=O) groups excluding carboxylic acids is 1. The van der Waals surface area contributed by atoms with Gasteiger partial charge >= 0.3 is 0 Å². The number of aliphatic hydroxyl groups is 1. The number of aryl methyl sites for hydroxylation is 2. The lowest BCUT2D eigenvalue weighted by molar-refractivity contribution is -0.120. The molecule has 0 unspecified atom stereocenters. The van der Waals surface area contributed by atoms with Crippen LogP contribution < -0.4 is 5.32 Å². The monoisotopic (exact) mass is 371 g/mol. The van der Waals surface area contributed by atoms with Crippen LogP contribution in [0.2, 0.25) is 0 Å². The molecule has 1 aromatic carbocycles. The van der Waals surface area contributed by atoms with E-state index in [-0.39, 0.29) is 18.1 Å². The quantitative estimate of drug-likeness (QED) is 0.795. The van der Waals surface area contributed by atoms with E-state index in [1.807, 2.05) is 6.92 Å². The Balaban J connectivity index is 1.88. The minimum Gasteiger partial charge on any atom is -0.391 e. The maximum atomic E-state index is 12.0. The van der Waals surface area contributed by atoms with Crippen molar-refractivity contribution in [2.45, 2.75) is 56.6 Å². The van der Waals surface area contributed by atoms with Gasteiger partial charge in [-0.25, -0.2) is 0 Å². The van der Waals surface area contributed by atoms with Crippen LogP contribution in [0, 0.1) is 13.8 Å². The number of aliphatic hydroxyl groups excluding tert-OH is 1. The Bertz CT molecular complexity index is 521. The highest BCUT2D eigenvalue weighted by Gasteiger charge is 2.24. The van der Waals surface area contributed by atoms with E-state index in [0.29, 0.717) is 5.75 Å². The van der Waals surface area contributed by atoms with E-state index >= 15 is 0 Å². The predicted molar refractivity (Wildman–Crippen MR) is 90.7 cm³/mol. The van der Waals surface area contributed by atoms with Crippen LogP contribution in [0.3, 0.4) is 0 Å². The van der Waals surface area contributed by atoms with Crippen molar-refractivity contribution in [1.82, 2.24) is 5.32 Å². The highest BCUT2D eigenvalue weighted by atomic mass is 79.9. The van der Waals surface area contributed by atoms with Gasteiger partial charge in [-0.2, -0.15) is 0 Å². The highest BCUT2D eigenvalue weighted by molar-refractivity contribution is 9.10. The van der Waals surface area contributed by atoms with Crippen molar-refractivity contribution >= 4 is 33.6 Å². The van der Waals surface area contributed by atoms with Crippen LogP contribution in [0.1, 0.15) is 36.8 Å². The van der Waals surface area contributed by atoms with Crippen molar-refractivity contribution in [3.05, 3.63) is 27.7 Å². The fourth-order valence-corrected chi connectivity index (χ4v) is 3.96. The number of rotatable bonds is 4. The summed E-state index contributed by atoms with van der Waals surface area (Å²) in [5.74, 6) is 0.399. The topological polar surface area (TPSA) is 49.3 Å². The minimum atomic E-state index is -0.385. The number of carbonyl (C=O) groups is 1. The molecule has 21 heavy (non-hydrogen) atoms. The number of amides is 1. The van der Waals surface area contributed by atoms with E-state index in [1.54, 1.807) is 11.8 Å². The zero-order valence-electron chi connectivity index (χ0n) is 12.5. The summed E-state index contributed by atoms with van der Waals surface area (Å²) in [4.78, 5) is 13.2. The van der Waals surface area contributed by atoms with E-state index in [2.05, 4.69) is 40.3 Å². The van der Waals surface area contributed by atoms with Crippen molar-refractivity contribution in [3.8, 4) is 0 Å². The molecule has 0 aromatic heterocycles. The van der Waals surface area contributed by atoms with Crippen LogP contribution >= 0.6 is 27.7 Å². The molecule has 1 aromatic rings. The zero-order valence-corrected chi connectivity index (χ0v) is 14.9. The van der Waals surface area contributed by atoms with Crippen molar-refractivity contribution < 1.29 is 9.90 Å². The highest BCUT2D eigenvalue weighted by Crippen LogP contribution is 2.28. The molecule has 0 heterocycles. The molecular formula is C16H22BrNO2S. The first kappa shape index (κ1) is 16.8. The Morgan fingerprint density at radius 1 is 1.33 bits per heavy atom. The lowest BCUT2D eigenvalue weighted by Crippen LogP contribution is -2.45. The Morgan fingerprint density at radius 3 is 2.76 bits per heavy atom. The molecule has 2 rings (SSSR count). The summed E-state index contributed by atoms with van der Waals surface area (Å²) in [6.07, 6.45) is 3.43. The molecule has 0 bridgehead atoms. The number of hydrogen-bond donors (Lipinski definition) is 2. The summed E-state index contributed by atoms with van der Waals surface area (Å²) in [6, 6.07) is 4.12. The summed E-state index contributed by atoms with van der Waals surface area (Å²) < 4.78 is 1.10. The summed E-state index contributed by atoms with van der Waals surface area (Å²) in [7, 11) is 0. The third-order valence-electron chi connectivity index (χ3n) is 3.89. The van der Waals surface area contributed by atoms with Crippen LogP contribution in [0.15, 0.2) is 21.5 Å². The van der Waals surface area contributed by atoms with Gasteiger partial charge in [0.1, 0.15) is 0 Å².